The number of aliphatic hydroxyl groups is 1. The van der Waals surface area contributed by atoms with E-state index in [0.29, 0.717) is 12.3 Å². The van der Waals surface area contributed by atoms with Gasteiger partial charge in [0.15, 0.2) is 0 Å². The minimum Gasteiger partial charge on any atom is -0.394 e. The zero-order valence-corrected chi connectivity index (χ0v) is 14.4. The fourth-order valence-electron chi connectivity index (χ4n) is 3.37. The second-order valence-corrected chi connectivity index (χ2v) is 7.16. The molecule has 1 unspecified atom stereocenters. The van der Waals surface area contributed by atoms with Crippen LogP contribution in [0, 0.1) is 5.92 Å². The highest BCUT2D eigenvalue weighted by molar-refractivity contribution is 5.77. The Balaban J connectivity index is 1.39. The summed E-state index contributed by atoms with van der Waals surface area (Å²) < 4.78 is 0. The highest BCUT2D eigenvalue weighted by Crippen LogP contribution is 2.39. The molecule has 6 nitrogen and oxygen atoms in total. The molecule has 1 amide bonds. The summed E-state index contributed by atoms with van der Waals surface area (Å²) in [6.45, 7) is 6.52. The van der Waals surface area contributed by atoms with E-state index in [1.54, 1.807) is 0 Å². The molecule has 2 fully saturated rings. The number of aliphatic hydroxyl groups excluding tert-OH is 1. The van der Waals surface area contributed by atoms with Gasteiger partial charge in [-0.25, -0.2) is 4.98 Å². The summed E-state index contributed by atoms with van der Waals surface area (Å²) in [6.07, 6.45) is 4.52. The van der Waals surface area contributed by atoms with Gasteiger partial charge in [0.05, 0.1) is 12.1 Å². The van der Waals surface area contributed by atoms with Crippen molar-refractivity contribution in [2.45, 2.75) is 31.7 Å². The number of nitrogens with one attached hydrogen (secondary N) is 1. The number of carbonyl (C=O) groups is 1. The van der Waals surface area contributed by atoms with Crippen molar-refractivity contribution in [3.8, 4) is 0 Å². The van der Waals surface area contributed by atoms with Gasteiger partial charge in [0.25, 0.3) is 0 Å². The molecule has 2 aliphatic rings. The molecule has 0 radical (unpaired) electrons. The van der Waals surface area contributed by atoms with Crippen molar-refractivity contribution in [2.24, 2.45) is 5.92 Å². The Morgan fingerprint density at radius 1 is 1.33 bits per heavy atom. The minimum absolute atomic E-state index is 0.0200. The van der Waals surface area contributed by atoms with Gasteiger partial charge in [-0.3, -0.25) is 9.69 Å². The Hall–Kier alpha value is -1.66. The van der Waals surface area contributed by atoms with Crippen molar-refractivity contribution in [1.82, 2.24) is 15.2 Å². The smallest absolute Gasteiger partial charge is 0.221 e. The van der Waals surface area contributed by atoms with Crippen LogP contribution in [0.3, 0.4) is 0 Å². The molecule has 0 aromatic carbocycles. The van der Waals surface area contributed by atoms with Crippen molar-refractivity contribution >= 4 is 11.7 Å². The van der Waals surface area contributed by atoms with E-state index in [1.807, 2.05) is 31.3 Å². The monoisotopic (exact) mass is 332 g/mol. The topological polar surface area (TPSA) is 68.7 Å². The number of aromatic nitrogens is 1. The largest absolute Gasteiger partial charge is 0.394 e. The van der Waals surface area contributed by atoms with Gasteiger partial charge in [0.2, 0.25) is 5.91 Å². The predicted molar refractivity (Wildman–Crippen MR) is 93.9 cm³/mol. The Labute approximate surface area is 143 Å². The Morgan fingerprint density at radius 2 is 2.08 bits per heavy atom. The number of piperazine rings is 1. The Morgan fingerprint density at radius 3 is 2.67 bits per heavy atom. The van der Waals surface area contributed by atoms with Crippen LogP contribution >= 0.6 is 0 Å². The molecule has 3 rings (SSSR count). The molecular weight excluding hydrogens is 304 g/mol. The molecule has 2 N–H and O–H groups in total. The highest BCUT2D eigenvalue weighted by Gasteiger charge is 2.42. The molecule has 1 saturated heterocycles. The third kappa shape index (κ3) is 4.24. The van der Waals surface area contributed by atoms with Crippen molar-refractivity contribution in [2.75, 3.05) is 44.2 Å². The van der Waals surface area contributed by atoms with Crippen LogP contribution in [0.25, 0.3) is 0 Å². The van der Waals surface area contributed by atoms with E-state index in [9.17, 15) is 9.90 Å². The predicted octanol–water partition coefficient (Wildman–Crippen LogP) is 0.871. The molecular formula is C18H28N4O2. The van der Waals surface area contributed by atoms with Gasteiger partial charge in [-0.2, -0.15) is 0 Å². The summed E-state index contributed by atoms with van der Waals surface area (Å²) in [5.41, 5.74) is -0.436. The molecule has 0 bridgehead atoms. The number of nitrogens with zero attached hydrogens (tertiary/aromatic N) is 3. The maximum Gasteiger partial charge on any atom is 0.221 e. The summed E-state index contributed by atoms with van der Waals surface area (Å²) in [4.78, 5) is 21.2. The van der Waals surface area contributed by atoms with E-state index in [-0.39, 0.29) is 12.5 Å². The number of hydrogen-bond donors (Lipinski definition) is 2. The van der Waals surface area contributed by atoms with Gasteiger partial charge in [0, 0.05) is 45.3 Å². The second kappa shape index (κ2) is 7.49. The molecule has 24 heavy (non-hydrogen) atoms. The molecule has 1 aromatic heterocycles. The van der Waals surface area contributed by atoms with Crippen molar-refractivity contribution < 1.29 is 9.90 Å². The van der Waals surface area contributed by atoms with Crippen LogP contribution in [0.1, 0.15) is 26.2 Å². The summed E-state index contributed by atoms with van der Waals surface area (Å²) in [7, 11) is 0. The average Bonchev–Trinajstić information content (AvgIpc) is 3.47. The zero-order valence-electron chi connectivity index (χ0n) is 14.4. The fourth-order valence-corrected chi connectivity index (χ4v) is 3.37. The van der Waals surface area contributed by atoms with Gasteiger partial charge in [-0.1, -0.05) is 6.07 Å². The van der Waals surface area contributed by atoms with E-state index < -0.39 is 5.54 Å². The minimum atomic E-state index is -0.436. The van der Waals surface area contributed by atoms with Gasteiger partial charge in [-0.15, -0.1) is 0 Å². The molecule has 1 atom stereocenters. The van der Waals surface area contributed by atoms with Crippen LogP contribution in [0.2, 0.25) is 0 Å². The number of anilines is 1. The van der Waals surface area contributed by atoms with Crippen LogP contribution in [-0.2, 0) is 4.79 Å². The maximum absolute atomic E-state index is 12.2. The molecule has 0 spiro atoms. The number of rotatable bonds is 7. The summed E-state index contributed by atoms with van der Waals surface area (Å²) in [5, 5.41) is 12.6. The van der Waals surface area contributed by atoms with E-state index in [0.717, 1.165) is 51.4 Å². The summed E-state index contributed by atoms with van der Waals surface area (Å²) in [6, 6.07) is 5.98. The number of carbonyl (C=O) groups excluding carboxylic acids is 1. The summed E-state index contributed by atoms with van der Waals surface area (Å²) in [5.74, 6) is 1.51. The lowest BCUT2D eigenvalue weighted by atomic mass is 9.97. The lowest BCUT2D eigenvalue weighted by Crippen LogP contribution is -2.52. The van der Waals surface area contributed by atoms with Crippen LogP contribution in [0.5, 0.6) is 0 Å². The molecule has 1 aliphatic carbocycles. The van der Waals surface area contributed by atoms with E-state index in [1.165, 1.54) is 0 Å². The Bertz CT molecular complexity index is 541. The first-order valence-electron chi connectivity index (χ1n) is 8.91. The molecule has 132 valence electrons. The normalized spacial score (nSPS) is 21.3. The maximum atomic E-state index is 12.2. The van der Waals surface area contributed by atoms with Gasteiger partial charge in [0.1, 0.15) is 5.82 Å². The van der Waals surface area contributed by atoms with Gasteiger partial charge >= 0.3 is 0 Å². The van der Waals surface area contributed by atoms with Crippen LogP contribution < -0.4 is 10.2 Å². The van der Waals surface area contributed by atoms with Crippen LogP contribution in [0.4, 0.5) is 5.82 Å². The number of hydrogen-bond acceptors (Lipinski definition) is 5. The third-order valence-electron chi connectivity index (χ3n) is 5.23. The first kappa shape index (κ1) is 17.2. The SMILES string of the molecule is CC(CO)(NC(=O)CCN1CCN(c2ccccn2)CC1)C1CC1. The first-order valence-corrected chi connectivity index (χ1v) is 8.91. The van der Waals surface area contributed by atoms with Crippen LogP contribution in [-0.4, -0.2) is 65.8 Å². The van der Waals surface area contributed by atoms with Gasteiger partial charge in [-0.05, 0) is 37.8 Å². The second-order valence-electron chi connectivity index (χ2n) is 7.16. The quantitative estimate of drug-likeness (QED) is 0.775. The third-order valence-corrected chi connectivity index (χ3v) is 5.23. The average molecular weight is 332 g/mol. The zero-order chi connectivity index (χ0) is 17.0. The number of amides is 1. The Kier molecular flexibility index (Phi) is 5.36. The lowest BCUT2D eigenvalue weighted by Gasteiger charge is -2.35. The summed E-state index contributed by atoms with van der Waals surface area (Å²) >= 11 is 0. The van der Waals surface area contributed by atoms with E-state index >= 15 is 0 Å². The van der Waals surface area contributed by atoms with Crippen LogP contribution in [0.15, 0.2) is 24.4 Å². The molecule has 6 heteroatoms. The first-order chi connectivity index (χ1) is 11.6. The lowest BCUT2D eigenvalue weighted by molar-refractivity contribution is -0.124. The van der Waals surface area contributed by atoms with E-state index in [2.05, 4.69) is 20.1 Å². The number of pyridine rings is 1. The van der Waals surface area contributed by atoms with Gasteiger partial charge < -0.3 is 15.3 Å². The fraction of sp³-hybridized carbons (Fsp3) is 0.667. The van der Waals surface area contributed by atoms with Crippen molar-refractivity contribution in [1.29, 1.82) is 0 Å². The molecule has 2 heterocycles. The molecule has 1 aliphatic heterocycles. The van der Waals surface area contributed by atoms with Crippen molar-refractivity contribution in [3.05, 3.63) is 24.4 Å². The molecule has 1 aromatic rings. The molecule has 1 saturated carbocycles. The van der Waals surface area contributed by atoms with E-state index in [4.69, 9.17) is 0 Å². The standard InChI is InChI=1S/C18H28N4O2/c1-18(14-23,15-5-6-15)20-17(24)7-9-21-10-12-22(13-11-21)16-4-2-3-8-19-16/h2-4,8,15,23H,5-7,9-14H2,1H3,(H,20,24). The highest BCUT2D eigenvalue weighted by atomic mass is 16.3. The van der Waals surface area contributed by atoms with Crippen molar-refractivity contribution in [3.63, 3.8) is 0 Å².